The number of rotatable bonds is 7. The monoisotopic (exact) mass is 283 g/mol. The van der Waals surface area contributed by atoms with Crippen molar-refractivity contribution >= 4 is 23.6 Å². The van der Waals surface area contributed by atoms with Crippen LogP contribution in [0.15, 0.2) is 30.3 Å². The Morgan fingerprint density at radius 2 is 2.05 bits per heavy atom. The van der Waals surface area contributed by atoms with Crippen LogP contribution in [0.5, 0.6) is 0 Å². The Hall–Kier alpha value is -1.36. The third-order valence-electron chi connectivity index (χ3n) is 2.54. The first-order chi connectivity index (χ1) is 9.17. The van der Waals surface area contributed by atoms with Crippen LogP contribution in [0.2, 0.25) is 5.02 Å². The third-order valence-corrected chi connectivity index (χ3v) is 2.79. The van der Waals surface area contributed by atoms with E-state index in [0.29, 0.717) is 24.7 Å². The van der Waals surface area contributed by atoms with Gasteiger partial charge in [0, 0.05) is 31.3 Å². The van der Waals surface area contributed by atoms with E-state index in [1.165, 1.54) is 11.0 Å². The average molecular weight is 284 g/mol. The summed E-state index contributed by atoms with van der Waals surface area (Å²) in [6, 6.07) is 7.19. The molecule has 0 bridgehead atoms. The molecule has 1 aromatic carbocycles. The normalized spacial score (nSPS) is 10.9. The lowest BCUT2D eigenvalue weighted by Crippen LogP contribution is -2.34. The number of hydrogen-bond acceptors (Lipinski definition) is 3. The van der Waals surface area contributed by atoms with Crippen LogP contribution in [0.3, 0.4) is 0 Å². The highest BCUT2D eigenvalue weighted by Crippen LogP contribution is 2.10. The minimum atomic E-state index is -0.152. The molecule has 19 heavy (non-hydrogen) atoms. The molecule has 5 heteroatoms. The van der Waals surface area contributed by atoms with Crippen LogP contribution in [0.1, 0.15) is 5.56 Å². The van der Waals surface area contributed by atoms with Crippen LogP contribution in [-0.4, -0.2) is 49.3 Å². The lowest BCUT2D eigenvalue weighted by atomic mass is 10.2. The van der Waals surface area contributed by atoms with E-state index in [1.54, 1.807) is 25.3 Å². The summed E-state index contributed by atoms with van der Waals surface area (Å²) in [6.45, 7) is 1.14. The highest BCUT2D eigenvalue weighted by molar-refractivity contribution is 6.30. The van der Waals surface area contributed by atoms with Crippen LogP contribution in [0, 0.1) is 0 Å². The molecule has 0 aromatic heterocycles. The number of ether oxygens (including phenoxy) is 1. The van der Waals surface area contributed by atoms with Crippen LogP contribution in [0.4, 0.5) is 0 Å². The fraction of sp³-hybridized carbons (Fsp3) is 0.357. The molecule has 0 atom stereocenters. The van der Waals surface area contributed by atoms with E-state index in [9.17, 15) is 4.79 Å². The Morgan fingerprint density at radius 3 is 2.63 bits per heavy atom. The van der Waals surface area contributed by atoms with E-state index in [2.05, 4.69) is 0 Å². The number of hydrogen-bond donors (Lipinski definition) is 1. The Bertz CT molecular complexity index is 417. The summed E-state index contributed by atoms with van der Waals surface area (Å²) in [5.41, 5.74) is 0.897. The van der Waals surface area contributed by atoms with Crippen molar-refractivity contribution in [3.8, 4) is 0 Å². The van der Waals surface area contributed by atoms with Crippen molar-refractivity contribution < 1.29 is 14.6 Å². The third kappa shape index (κ3) is 5.87. The molecule has 0 saturated heterocycles. The molecule has 1 N–H and O–H groups in total. The average Bonchev–Trinajstić information content (AvgIpc) is 2.42. The largest absolute Gasteiger partial charge is 0.395 e. The van der Waals surface area contributed by atoms with Gasteiger partial charge < -0.3 is 14.7 Å². The molecule has 0 aliphatic heterocycles. The van der Waals surface area contributed by atoms with Crippen molar-refractivity contribution in [3.63, 3.8) is 0 Å². The summed E-state index contributed by atoms with van der Waals surface area (Å²) >= 11 is 5.78. The first kappa shape index (κ1) is 15.7. The Morgan fingerprint density at radius 1 is 1.37 bits per heavy atom. The number of nitrogens with zero attached hydrogens (tertiary/aromatic N) is 1. The molecule has 1 aromatic rings. The van der Waals surface area contributed by atoms with Crippen molar-refractivity contribution in [2.45, 2.75) is 0 Å². The molecule has 4 nitrogen and oxygen atoms in total. The van der Waals surface area contributed by atoms with Gasteiger partial charge in [-0.2, -0.15) is 0 Å². The SMILES string of the molecule is COCCN(CCO)C(=O)/C=C/c1ccc(Cl)cc1. The van der Waals surface area contributed by atoms with E-state index >= 15 is 0 Å². The van der Waals surface area contributed by atoms with Crippen molar-refractivity contribution in [1.29, 1.82) is 0 Å². The Labute approximate surface area is 118 Å². The van der Waals surface area contributed by atoms with Gasteiger partial charge in [0.05, 0.1) is 13.2 Å². The molecule has 0 heterocycles. The highest BCUT2D eigenvalue weighted by atomic mass is 35.5. The lowest BCUT2D eigenvalue weighted by molar-refractivity contribution is -0.127. The maximum atomic E-state index is 11.9. The van der Waals surface area contributed by atoms with E-state index in [0.717, 1.165) is 5.56 Å². The molecule has 0 unspecified atom stereocenters. The number of methoxy groups -OCH3 is 1. The summed E-state index contributed by atoms with van der Waals surface area (Å²) < 4.78 is 4.93. The zero-order valence-corrected chi connectivity index (χ0v) is 11.6. The fourth-order valence-corrected chi connectivity index (χ4v) is 1.63. The van der Waals surface area contributed by atoms with Crippen molar-refractivity contribution in [2.75, 3.05) is 33.4 Å². The van der Waals surface area contributed by atoms with Crippen LogP contribution in [0.25, 0.3) is 6.08 Å². The summed E-state index contributed by atoms with van der Waals surface area (Å²) in [7, 11) is 1.57. The van der Waals surface area contributed by atoms with Gasteiger partial charge in [-0.3, -0.25) is 4.79 Å². The number of aliphatic hydroxyl groups excluding tert-OH is 1. The van der Waals surface area contributed by atoms with Gasteiger partial charge in [-0.05, 0) is 23.8 Å². The van der Waals surface area contributed by atoms with E-state index in [1.807, 2.05) is 12.1 Å². The Balaban J connectivity index is 2.61. The molecule has 0 radical (unpaired) electrons. The first-order valence-corrected chi connectivity index (χ1v) is 6.37. The minimum absolute atomic E-state index is 0.0652. The molecule has 0 saturated carbocycles. The molecule has 0 aliphatic rings. The summed E-state index contributed by atoms with van der Waals surface area (Å²) in [6.07, 6.45) is 3.20. The fourth-order valence-electron chi connectivity index (χ4n) is 1.50. The molecule has 0 fully saturated rings. The van der Waals surface area contributed by atoms with Crippen molar-refractivity contribution in [1.82, 2.24) is 4.90 Å². The zero-order chi connectivity index (χ0) is 14.1. The molecular weight excluding hydrogens is 266 g/mol. The highest BCUT2D eigenvalue weighted by Gasteiger charge is 2.08. The van der Waals surface area contributed by atoms with Gasteiger partial charge >= 0.3 is 0 Å². The van der Waals surface area contributed by atoms with Gasteiger partial charge in [-0.15, -0.1) is 0 Å². The smallest absolute Gasteiger partial charge is 0.246 e. The van der Waals surface area contributed by atoms with Gasteiger partial charge in [-0.25, -0.2) is 0 Å². The number of carbonyl (C=O) groups excluding carboxylic acids is 1. The second-order valence-corrected chi connectivity index (χ2v) is 4.36. The van der Waals surface area contributed by atoms with Gasteiger partial charge in [0.2, 0.25) is 5.91 Å². The number of halogens is 1. The molecular formula is C14H18ClNO3. The molecule has 0 aliphatic carbocycles. The van der Waals surface area contributed by atoms with Gasteiger partial charge in [0.15, 0.2) is 0 Å². The van der Waals surface area contributed by atoms with E-state index < -0.39 is 0 Å². The zero-order valence-electron chi connectivity index (χ0n) is 10.9. The number of carbonyl (C=O) groups is 1. The molecule has 0 spiro atoms. The van der Waals surface area contributed by atoms with Crippen LogP contribution in [-0.2, 0) is 9.53 Å². The maximum absolute atomic E-state index is 11.9. The van der Waals surface area contributed by atoms with Crippen LogP contribution < -0.4 is 0 Å². The second kappa shape index (κ2) is 8.69. The van der Waals surface area contributed by atoms with Gasteiger partial charge in [0.1, 0.15) is 0 Å². The minimum Gasteiger partial charge on any atom is -0.395 e. The second-order valence-electron chi connectivity index (χ2n) is 3.93. The summed E-state index contributed by atoms with van der Waals surface area (Å²) in [5, 5.41) is 9.59. The molecule has 104 valence electrons. The summed E-state index contributed by atoms with van der Waals surface area (Å²) in [4.78, 5) is 13.5. The quantitative estimate of drug-likeness (QED) is 0.777. The van der Waals surface area contributed by atoms with E-state index in [-0.39, 0.29) is 12.5 Å². The lowest BCUT2D eigenvalue weighted by Gasteiger charge is -2.19. The molecule has 1 amide bonds. The van der Waals surface area contributed by atoms with Gasteiger partial charge in [0.25, 0.3) is 0 Å². The van der Waals surface area contributed by atoms with Crippen molar-refractivity contribution in [2.24, 2.45) is 0 Å². The van der Waals surface area contributed by atoms with Gasteiger partial charge in [-0.1, -0.05) is 23.7 Å². The van der Waals surface area contributed by atoms with E-state index in [4.69, 9.17) is 21.4 Å². The molecule has 1 rings (SSSR count). The Kier molecular flexibility index (Phi) is 7.18. The maximum Gasteiger partial charge on any atom is 0.246 e. The number of benzene rings is 1. The number of aliphatic hydroxyl groups is 1. The predicted molar refractivity (Wildman–Crippen MR) is 76.0 cm³/mol. The standard InChI is InChI=1S/C14H18ClNO3/c1-19-11-9-16(8-10-17)14(18)7-4-12-2-5-13(15)6-3-12/h2-7,17H,8-11H2,1H3/b7-4+. The predicted octanol–water partition coefficient (Wildman–Crippen LogP) is 1.82. The first-order valence-electron chi connectivity index (χ1n) is 5.99. The number of amides is 1. The van der Waals surface area contributed by atoms with Crippen LogP contribution >= 0.6 is 11.6 Å². The van der Waals surface area contributed by atoms with Crippen molar-refractivity contribution in [3.05, 3.63) is 40.9 Å². The summed E-state index contributed by atoms with van der Waals surface area (Å²) in [5.74, 6) is -0.152. The topological polar surface area (TPSA) is 49.8 Å².